The molecule has 2 aromatic carbocycles. The molecule has 116 valence electrons. The number of benzene rings is 2. The second-order valence-electron chi connectivity index (χ2n) is 4.72. The Bertz CT molecular complexity index is 779. The number of nitrogens with zero attached hydrogens (tertiary/aromatic N) is 2. The number of nitrogens with one attached hydrogen (secondary N) is 2. The van der Waals surface area contributed by atoms with Gasteiger partial charge in [0.2, 0.25) is 0 Å². The monoisotopic (exact) mass is 310 g/mol. The van der Waals surface area contributed by atoms with Crippen LogP contribution in [0.5, 0.6) is 0 Å². The summed E-state index contributed by atoms with van der Waals surface area (Å²) in [5.74, 6) is -0.441. The number of amides is 1. The average molecular weight is 310 g/mol. The van der Waals surface area contributed by atoms with Crippen molar-refractivity contribution < 1.29 is 9.72 Å². The Morgan fingerprint density at radius 1 is 1.26 bits per heavy atom. The summed E-state index contributed by atoms with van der Waals surface area (Å²) in [7, 11) is 1.57. The van der Waals surface area contributed by atoms with Crippen LogP contribution in [0, 0.1) is 21.4 Å². The van der Waals surface area contributed by atoms with E-state index in [0.29, 0.717) is 17.8 Å². The van der Waals surface area contributed by atoms with E-state index in [9.17, 15) is 14.9 Å². The Hall–Kier alpha value is -3.40. The first kappa shape index (κ1) is 16.0. The van der Waals surface area contributed by atoms with Crippen LogP contribution in [-0.4, -0.2) is 17.9 Å². The van der Waals surface area contributed by atoms with Gasteiger partial charge in [-0.15, -0.1) is 0 Å². The molecule has 0 saturated heterocycles. The van der Waals surface area contributed by atoms with E-state index in [2.05, 4.69) is 10.6 Å². The van der Waals surface area contributed by atoms with Gasteiger partial charge >= 0.3 is 0 Å². The Balaban J connectivity index is 2.19. The Morgan fingerprint density at radius 2 is 1.96 bits per heavy atom. The first-order valence-corrected chi connectivity index (χ1v) is 6.78. The fourth-order valence-electron chi connectivity index (χ4n) is 2.04. The van der Waals surface area contributed by atoms with Crippen molar-refractivity contribution in [1.82, 2.24) is 0 Å². The smallest absolute Gasteiger partial charge is 0.293 e. The zero-order valence-corrected chi connectivity index (χ0v) is 12.4. The Labute approximate surface area is 132 Å². The molecule has 7 nitrogen and oxygen atoms in total. The van der Waals surface area contributed by atoms with E-state index < -0.39 is 10.8 Å². The zero-order valence-electron chi connectivity index (χ0n) is 12.4. The van der Waals surface area contributed by atoms with Crippen LogP contribution in [0.4, 0.5) is 17.1 Å². The number of nitro benzene ring substituents is 1. The normalized spacial score (nSPS) is 9.74. The summed E-state index contributed by atoms with van der Waals surface area (Å²) in [6.07, 6.45) is 0.298. The van der Waals surface area contributed by atoms with Crippen molar-refractivity contribution in [1.29, 1.82) is 5.26 Å². The quantitative estimate of drug-likeness (QED) is 0.652. The lowest BCUT2D eigenvalue weighted by Crippen LogP contribution is -2.12. The van der Waals surface area contributed by atoms with Gasteiger partial charge in [0.1, 0.15) is 5.69 Å². The van der Waals surface area contributed by atoms with E-state index in [1.54, 1.807) is 31.3 Å². The first-order valence-electron chi connectivity index (χ1n) is 6.78. The van der Waals surface area contributed by atoms with Crippen LogP contribution >= 0.6 is 0 Å². The highest BCUT2D eigenvalue weighted by molar-refractivity contribution is 6.05. The lowest BCUT2D eigenvalue weighted by molar-refractivity contribution is -0.384. The highest BCUT2D eigenvalue weighted by Gasteiger charge is 2.16. The van der Waals surface area contributed by atoms with E-state index >= 15 is 0 Å². The highest BCUT2D eigenvalue weighted by Crippen LogP contribution is 2.25. The van der Waals surface area contributed by atoms with E-state index in [0.717, 1.165) is 5.56 Å². The number of rotatable bonds is 5. The second-order valence-corrected chi connectivity index (χ2v) is 4.72. The van der Waals surface area contributed by atoms with Crippen molar-refractivity contribution in [3.63, 3.8) is 0 Å². The van der Waals surface area contributed by atoms with Crippen LogP contribution in [0.25, 0.3) is 0 Å². The molecule has 0 bridgehead atoms. The SMILES string of the molecule is CNc1ccc(C(=O)Nc2ccc(CC#N)cc2)cc1[N+](=O)[O-]. The summed E-state index contributed by atoms with van der Waals surface area (Å²) in [5, 5.41) is 25.0. The zero-order chi connectivity index (χ0) is 16.8. The Kier molecular flexibility index (Phi) is 4.89. The molecule has 0 radical (unpaired) electrons. The number of hydrogen-bond donors (Lipinski definition) is 2. The largest absolute Gasteiger partial charge is 0.383 e. The predicted molar refractivity (Wildman–Crippen MR) is 86.4 cm³/mol. The standard InChI is InChI=1S/C16H14N4O3/c1-18-14-7-4-12(10-15(14)20(22)23)16(21)19-13-5-2-11(3-6-13)8-9-17/h2-7,10,18H,8H2,1H3,(H,19,21). The maximum Gasteiger partial charge on any atom is 0.293 e. The predicted octanol–water partition coefficient (Wildman–Crippen LogP) is 2.95. The van der Waals surface area contributed by atoms with Gasteiger partial charge in [0, 0.05) is 24.4 Å². The van der Waals surface area contributed by atoms with Gasteiger partial charge in [-0.3, -0.25) is 14.9 Å². The average Bonchev–Trinajstić information content (AvgIpc) is 2.56. The fraction of sp³-hybridized carbons (Fsp3) is 0.125. The van der Waals surface area contributed by atoms with Gasteiger partial charge in [0.25, 0.3) is 11.6 Å². The minimum atomic E-state index is -0.542. The third kappa shape index (κ3) is 3.83. The molecule has 2 rings (SSSR count). The summed E-state index contributed by atoms with van der Waals surface area (Å²) >= 11 is 0. The number of anilines is 2. The van der Waals surface area contributed by atoms with E-state index in [4.69, 9.17) is 5.26 Å². The molecule has 0 saturated carbocycles. The molecule has 2 aromatic rings. The van der Waals surface area contributed by atoms with E-state index in [1.807, 2.05) is 6.07 Å². The van der Waals surface area contributed by atoms with Crippen molar-refractivity contribution in [2.24, 2.45) is 0 Å². The lowest BCUT2D eigenvalue weighted by Gasteiger charge is -2.07. The molecule has 23 heavy (non-hydrogen) atoms. The van der Waals surface area contributed by atoms with E-state index in [-0.39, 0.29) is 11.3 Å². The second kappa shape index (κ2) is 7.04. The molecular formula is C16H14N4O3. The van der Waals surface area contributed by atoms with E-state index in [1.165, 1.54) is 18.2 Å². The van der Waals surface area contributed by atoms with Gasteiger partial charge in [-0.05, 0) is 29.8 Å². The summed E-state index contributed by atoms with van der Waals surface area (Å²) in [6.45, 7) is 0. The number of nitriles is 1. The third-order valence-electron chi connectivity index (χ3n) is 3.22. The lowest BCUT2D eigenvalue weighted by atomic mass is 10.1. The summed E-state index contributed by atoms with van der Waals surface area (Å²) in [4.78, 5) is 22.7. The molecule has 2 N–H and O–H groups in total. The van der Waals surface area contributed by atoms with Gasteiger partial charge < -0.3 is 10.6 Å². The van der Waals surface area contributed by atoms with Crippen LogP contribution in [0.3, 0.4) is 0 Å². The van der Waals surface area contributed by atoms with Crippen LogP contribution in [-0.2, 0) is 6.42 Å². The molecule has 0 heterocycles. The minimum Gasteiger partial charge on any atom is -0.383 e. The molecular weight excluding hydrogens is 296 g/mol. The minimum absolute atomic E-state index is 0.162. The number of carbonyl (C=O) groups is 1. The molecule has 0 aliphatic carbocycles. The van der Waals surface area contributed by atoms with Gasteiger partial charge in [-0.1, -0.05) is 12.1 Å². The highest BCUT2D eigenvalue weighted by atomic mass is 16.6. The summed E-state index contributed by atoms with van der Waals surface area (Å²) in [5.41, 5.74) is 1.77. The molecule has 0 spiro atoms. The van der Waals surface area contributed by atoms with Gasteiger partial charge in [0.05, 0.1) is 17.4 Å². The van der Waals surface area contributed by atoms with Crippen LogP contribution in [0.1, 0.15) is 15.9 Å². The third-order valence-corrected chi connectivity index (χ3v) is 3.22. The topological polar surface area (TPSA) is 108 Å². The van der Waals surface area contributed by atoms with Crippen LogP contribution < -0.4 is 10.6 Å². The van der Waals surface area contributed by atoms with Crippen molar-refractivity contribution in [2.45, 2.75) is 6.42 Å². The van der Waals surface area contributed by atoms with Gasteiger partial charge in [-0.2, -0.15) is 5.26 Å². The molecule has 0 unspecified atom stereocenters. The fourth-order valence-corrected chi connectivity index (χ4v) is 2.04. The molecule has 0 aliphatic heterocycles. The summed E-state index contributed by atoms with van der Waals surface area (Å²) < 4.78 is 0. The van der Waals surface area contributed by atoms with Crippen LogP contribution in [0.15, 0.2) is 42.5 Å². The van der Waals surface area contributed by atoms with Gasteiger partial charge in [0.15, 0.2) is 0 Å². The maximum absolute atomic E-state index is 12.2. The molecule has 7 heteroatoms. The number of carbonyl (C=O) groups excluding carboxylic acids is 1. The number of hydrogen-bond acceptors (Lipinski definition) is 5. The first-order chi connectivity index (χ1) is 11.0. The molecule has 0 aliphatic rings. The van der Waals surface area contributed by atoms with Crippen molar-refractivity contribution in [2.75, 3.05) is 17.7 Å². The molecule has 0 atom stereocenters. The Morgan fingerprint density at radius 3 is 2.52 bits per heavy atom. The van der Waals surface area contributed by atoms with Gasteiger partial charge in [-0.25, -0.2) is 0 Å². The molecule has 0 aromatic heterocycles. The number of nitro groups is 1. The maximum atomic E-state index is 12.2. The van der Waals surface area contributed by atoms with Crippen LogP contribution in [0.2, 0.25) is 0 Å². The van der Waals surface area contributed by atoms with Crippen molar-refractivity contribution in [3.05, 3.63) is 63.7 Å². The molecule has 1 amide bonds. The molecule has 0 fully saturated rings. The van der Waals surface area contributed by atoms with Crippen molar-refractivity contribution in [3.8, 4) is 6.07 Å². The van der Waals surface area contributed by atoms with Crippen molar-refractivity contribution >= 4 is 23.0 Å². The summed E-state index contributed by atoms with van der Waals surface area (Å²) in [6, 6.07) is 13.1.